The molecule has 0 spiro atoms. The summed E-state index contributed by atoms with van der Waals surface area (Å²) in [7, 11) is 0. The highest BCUT2D eigenvalue weighted by molar-refractivity contribution is 6.30. The van der Waals surface area contributed by atoms with Gasteiger partial charge in [-0.05, 0) is 37.0 Å². The van der Waals surface area contributed by atoms with Crippen LogP contribution in [-0.4, -0.2) is 12.7 Å². The number of hydrogen-bond acceptors (Lipinski definition) is 2. The molecule has 0 amide bonds. The molecule has 1 aliphatic rings. The number of nitrogens with one attached hydrogen (secondary N) is 1. The molecule has 1 aromatic carbocycles. The Kier molecular flexibility index (Phi) is 6.24. The Balaban J connectivity index is 1.96. The maximum Gasteiger partial charge on any atom is 0.387 e. The number of rotatable bonds is 6. The Labute approximate surface area is 129 Å². The summed E-state index contributed by atoms with van der Waals surface area (Å²) < 4.78 is 29.4. The molecule has 1 aliphatic carbocycles. The molecule has 5 heteroatoms. The zero-order valence-electron chi connectivity index (χ0n) is 12.2. The highest BCUT2D eigenvalue weighted by Gasteiger charge is 2.20. The van der Waals surface area contributed by atoms with Crippen molar-refractivity contribution in [1.82, 2.24) is 5.32 Å². The quantitative estimate of drug-likeness (QED) is 0.797. The number of alkyl halides is 2. The van der Waals surface area contributed by atoms with Gasteiger partial charge in [-0.3, -0.25) is 0 Å². The summed E-state index contributed by atoms with van der Waals surface area (Å²) >= 11 is 5.95. The van der Waals surface area contributed by atoms with Crippen LogP contribution >= 0.6 is 11.6 Å². The lowest BCUT2D eigenvalue weighted by Crippen LogP contribution is -2.33. The normalized spacial score (nSPS) is 22.5. The molecule has 0 aliphatic heterocycles. The number of hydrogen-bond donors (Lipinski definition) is 1. The standard InChI is InChI=1S/C16H22ClF2NO/c1-2-11-4-3-5-14(8-11)20-10-12-9-13(17)6-7-15(12)21-16(18)19/h6-7,9,11,14,16,20H,2-5,8,10H2,1H3. The molecule has 1 aromatic rings. The van der Waals surface area contributed by atoms with Crippen LogP contribution in [0.3, 0.4) is 0 Å². The average molecular weight is 318 g/mol. The first-order chi connectivity index (χ1) is 10.1. The molecular weight excluding hydrogens is 296 g/mol. The second kappa shape index (κ2) is 7.95. The van der Waals surface area contributed by atoms with Gasteiger partial charge in [0.05, 0.1) is 0 Å². The molecule has 0 bridgehead atoms. The summed E-state index contributed by atoms with van der Waals surface area (Å²) in [6.07, 6.45) is 6.02. The van der Waals surface area contributed by atoms with Gasteiger partial charge < -0.3 is 10.1 Å². The zero-order chi connectivity index (χ0) is 15.2. The highest BCUT2D eigenvalue weighted by atomic mass is 35.5. The van der Waals surface area contributed by atoms with Crippen molar-refractivity contribution in [3.63, 3.8) is 0 Å². The lowest BCUT2D eigenvalue weighted by atomic mass is 9.84. The molecular formula is C16H22ClF2NO. The molecule has 118 valence electrons. The van der Waals surface area contributed by atoms with Crippen molar-refractivity contribution in [3.8, 4) is 5.75 Å². The van der Waals surface area contributed by atoms with Crippen LogP contribution in [0.25, 0.3) is 0 Å². The van der Waals surface area contributed by atoms with Crippen LogP contribution in [0.1, 0.15) is 44.6 Å². The highest BCUT2D eigenvalue weighted by Crippen LogP contribution is 2.28. The molecule has 0 radical (unpaired) electrons. The maximum atomic E-state index is 12.4. The molecule has 0 aromatic heterocycles. The SMILES string of the molecule is CCC1CCCC(NCc2cc(Cl)ccc2OC(F)F)C1. The van der Waals surface area contributed by atoms with Crippen molar-refractivity contribution in [2.75, 3.05) is 0 Å². The van der Waals surface area contributed by atoms with Gasteiger partial charge in [-0.2, -0.15) is 8.78 Å². The van der Waals surface area contributed by atoms with E-state index in [1.165, 1.54) is 25.3 Å². The van der Waals surface area contributed by atoms with Crippen molar-refractivity contribution < 1.29 is 13.5 Å². The van der Waals surface area contributed by atoms with Gasteiger partial charge in [-0.1, -0.05) is 37.8 Å². The number of benzene rings is 1. The Morgan fingerprint density at radius 3 is 2.90 bits per heavy atom. The van der Waals surface area contributed by atoms with Gasteiger partial charge in [-0.25, -0.2) is 0 Å². The van der Waals surface area contributed by atoms with E-state index in [1.807, 2.05) is 0 Å². The van der Waals surface area contributed by atoms with Gasteiger partial charge in [0, 0.05) is 23.2 Å². The molecule has 2 unspecified atom stereocenters. The van der Waals surface area contributed by atoms with E-state index in [0.29, 0.717) is 23.2 Å². The first-order valence-corrected chi connectivity index (χ1v) is 7.93. The number of halogens is 3. The van der Waals surface area contributed by atoms with Gasteiger partial charge in [0.25, 0.3) is 0 Å². The van der Waals surface area contributed by atoms with Gasteiger partial charge in [-0.15, -0.1) is 0 Å². The third-order valence-electron chi connectivity index (χ3n) is 4.18. The Bertz CT molecular complexity index is 456. The maximum absolute atomic E-state index is 12.4. The lowest BCUT2D eigenvalue weighted by molar-refractivity contribution is -0.0505. The van der Waals surface area contributed by atoms with Crippen molar-refractivity contribution in [2.24, 2.45) is 5.92 Å². The van der Waals surface area contributed by atoms with Crippen molar-refractivity contribution in [3.05, 3.63) is 28.8 Å². The predicted octanol–water partition coefficient (Wildman–Crippen LogP) is 5.00. The van der Waals surface area contributed by atoms with Gasteiger partial charge >= 0.3 is 6.61 Å². The Morgan fingerprint density at radius 1 is 1.38 bits per heavy atom. The molecule has 0 saturated heterocycles. The van der Waals surface area contributed by atoms with Crippen LogP contribution in [-0.2, 0) is 6.54 Å². The fraction of sp³-hybridized carbons (Fsp3) is 0.625. The average Bonchev–Trinajstić information content (AvgIpc) is 2.47. The molecule has 1 fully saturated rings. The second-order valence-corrected chi connectivity index (χ2v) is 6.09. The fourth-order valence-corrected chi connectivity index (χ4v) is 3.19. The zero-order valence-corrected chi connectivity index (χ0v) is 13.0. The summed E-state index contributed by atoms with van der Waals surface area (Å²) in [6.45, 7) is -0.0912. The van der Waals surface area contributed by atoms with E-state index in [9.17, 15) is 8.78 Å². The van der Waals surface area contributed by atoms with Crippen molar-refractivity contribution in [1.29, 1.82) is 0 Å². The Hall–Kier alpha value is -0.870. The molecule has 21 heavy (non-hydrogen) atoms. The first-order valence-electron chi connectivity index (χ1n) is 7.55. The molecule has 2 nitrogen and oxygen atoms in total. The fourth-order valence-electron chi connectivity index (χ4n) is 3.00. The van der Waals surface area contributed by atoms with Crippen molar-refractivity contribution in [2.45, 2.75) is 58.2 Å². The van der Waals surface area contributed by atoms with Crippen LogP contribution in [0.15, 0.2) is 18.2 Å². The van der Waals surface area contributed by atoms with Crippen molar-refractivity contribution >= 4 is 11.6 Å². The van der Waals surface area contributed by atoms with Gasteiger partial charge in [0.1, 0.15) is 5.75 Å². The first kappa shape index (κ1) is 16.5. The van der Waals surface area contributed by atoms with E-state index < -0.39 is 6.61 Å². The van der Waals surface area contributed by atoms with E-state index in [1.54, 1.807) is 12.1 Å². The van der Waals surface area contributed by atoms with Crippen LogP contribution in [0.5, 0.6) is 5.75 Å². The summed E-state index contributed by atoms with van der Waals surface area (Å²) in [6, 6.07) is 5.20. The van der Waals surface area contributed by atoms with E-state index in [-0.39, 0.29) is 5.75 Å². The summed E-state index contributed by atoms with van der Waals surface area (Å²) in [5.74, 6) is 0.970. The van der Waals surface area contributed by atoms with E-state index in [4.69, 9.17) is 11.6 Å². The van der Waals surface area contributed by atoms with E-state index in [2.05, 4.69) is 17.0 Å². The smallest absolute Gasteiger partial charge is 0.387 e. The topological polar surface area (TPSA) is 21.3 Å². The summed E-state index contributed by atoms with van der Waals surface area (Å²) in [5.41, 5.74) is 0.682. The van der Waals surface area contributed by atoms with E-state index in [0.717, 1.165) is 18.8 Å². The minimum absolute atomic E-state index is 0.199. The van der Waals surface area contributed by atoms with Crippen LogP contribution in [0, 0.1) is 5.92 Å². The third kappa shape index (κ3) is 5.11. The van der Waals surface area contributed by atoms with Crippen LogP contribution < -0.4 is 10.1 Å². The Morgan fingerprint density at radius 2 is 2.19 bits per heavy atom. The van der Waals surface area contributed by atoms with Crippen LogP contribution in [0.2, 0.25) is 5.02 Å². The van der Waals surface area contributed by atoms with Gasteiger partial charge in [0.2, 0.25) is 0 Å². The molecule has 1 N–H and O–H groups in total. The second-order valence-electron chi connectivity index (χ2n) is 5.65. The lowest BCUT2D eigenvalue weighted by Gasteiger charge is -2.29. The minimum Gasteiger partial charge on any atom is -0.434 e. The third-order valence-corrected chi connectivity index (χ3v) is 4.42. The predicted molar refractivity (Wildman–Crippen MR) is 81.0 cm³/mol. The molecule has 2 rings (SSSR count). The minimum atomic E-state index is -2.82. The monoisotopic (exact) mass is 317 g/mol. The summed E-state index contributed by atoms with van der Waals surface area (Å²) in [4.78, 5) is 0. The molecule has 2 atom stereocenters. The molecule has 1 saturated carbocycles. The largest absolute Gasteiger partial charge is 0.434 e. The number of ether oxygens (including phenoxy) is 1. The van der Waals surface area contributed by atoms with E-state index >= 15 is 0 Å². The molecule has 0 heterocycles. The van der Waals surface area contributed by atoms with Crippen LogP contribution in [0.4, 0.5) is 8.78 Å². The van der Waals surface area contributed by atoms with Gasteiger partial charge in [0.15, 0.2) is 0 Å². The summed E-state index contributed by atoms with van der Waals surface area (Å²) in [5, 5.41) is 3.99.